The zero-order valence-electron chi connectivity index (χ0n) is 13.5. The molecule has 1 fully saturated rings. The highest BCUT2D eigenvalue weighted by atomic mass is 32.1. The fourth-order valence-corrected chi connectivity index (χ4v) is 3.76. The second-order valence-corrected chi connectivity index (χ2v) is 6.70. The zero-order chi connectivity index (χ0) is 16.5. The van der Waals surface area contributed by atoms with Gasteiger partial charge in [0.15, 0.2) is 11.5 Å². The molecule has 4 rings (SSSR count). The van der Waals surface area contributed by atoms with Crippen LogP contribution in [0.4, 0.5) is 0 Å². The third-order valence-electron chi connectivity index (χ3n) is 4.48. The van der Waals surface area contributed by atoms with Crippen molar-refractivity contribution in [2.45, 2.75) is 13.5 Å². The third-order valence-corrected chi connectivity index (χ3v) is 5.20. The van der Waals surface area contributed by atoms with Crippen LogP contribution in [-0.2, 0) is 6.54 Å². The number of fused-ring (bicyclic) bond motifs is 1. The van der Waals surface area contributed by atoms with E-state index in [2.05, 4.69) is 15.3 Å². The first kappa shape index (κ1) is 15.4. The molecule has 1 aromatic heterocycles. The van der Waals surface area contributed by atoms with Crippen molar-refractivity contribution in [3.05, 3.63) is 40.4 Å². The second-order valence-electron chi connectivity index (χ2n) is 6.07. The number of aromatic nitrogens is 1. The van der Waals surface area contributed by atoms with Gasteiger partial charge in [0.25, 0.3) is 5.91 Å². The molecule has 2 aromatic rings. The Kier molecular flexibility index (Phi) is 4.12. The first-order valence-electron chi connectivity index (χ1n) is 8.02. The van der Waals surface area contributed by atoms with Crippen LogP contribution in [0.2, 0.25) is 0 Å². The molecule has 0 spiro atoms. The number of nitrogens with zero attached hydrogens (tertiary/aromatic N) is 3. The molecular weight excluding hydrogens is 326 g/mol. The largest absolute Gasteiger partial charge is 0.454 e. The quantitative estimate of drug-likeness (QED) is 0.853. The molecule has 3 heterocycles. The smallest absolute Gasteiger partial charge is 0.256 e. The average molecular weight is 345 g/mol. The molecule has 6 nitrogen and oxygen atoms in total. The Bertz CT molecular complexity index is 753. The Morgan fingerprint density at radius 3 is 2.75 bits per heavy atom. The Morgan fingerprint density at radius 1 is 1.21 bits per heavy atom. The molecule has 0 saturated carbocycles. The number of benzene rings is 1. The highest BCUT2D eigenvalue weighted by Gasteiger charge is 2.24. The molecule has 1 amide bonds. The van der Waals surface area contributed by atoms with Crippen LogP contribution in [0.15, 0.2) is 23.6 Å². The number of carbonyl (C=O) groups is 1. The monoisotopic (exact) mass is 345 g/mol. The summed E-state index contributed by atoms with van der Waals surface area (Å²) in [4.78, 5) is 16.8. The first-order valence-corrected chi connectivity index (χ1v) is 8.85. The Balaban J connectivity index is 1.35. The van der Waals surface area contributed by atoms with Gasteiger partial charge in [0.1, 0.15) is 0 Å². The molecular formula is C17H19N3O3S. The van der Waals surface area contributed by atoms with Crippen molar-refractivity contribution in [2.24, 2.45) is 0 Å². The fraction of sp³-hybridized carbons (Fsp3) is 0.412. The lowest BCUT2D eigenvalue weighted by Crippen LogP contribution is -2.48. The van der Waals surface area contributed by atoms with Crippen molar-refractivity contribution in [3.8, 4) is 11.5 Å². The number of carbonyl (C=O) groups excluding carboxylic acids is 1. The van der Waals surface area contributed by atoms with Crippen LogP contribution < -0.4 is 9.47 Å². The summed E-state index contributed by atoms with van der Waals surface area (Å²) >= 11 is 1.34. The van der Waals surface area contributed by atoms with Crippen LogP contribution in [0.3, 0.4) is 0 Å². The van der Waals surface area contributed by atoms with Gasteiger partial charge in [0, 0.05) is 38.1 Å². The molecule has 0 N–H and O–H groups in total. The van der Waals surface area contributed by atoms with Gasteiger partial charge in [-0.05, 0) is 36.2 Å². The summed E-state index contributed by atoms with van der Waals surface area (Å²) < 4.78 is 15.0. The molecule has 1 saturated heterocycles. The van der Waals surface area contributed by atoms with Gasteiger partial charge in [0.05, 0.1) is 11.3 Å². The van der Waals surface area contributed by atoms with E-state index in [0.29, 0.717) is 6.79 Å². The number of rotatable bonds is 3. The minimum atomic E-state index is 0.101. The Labute approximate surface area is 144 Å². The van der Waals surface area contributed by atoms with E-state index in [1.165, 1.54) is 17.1 Å². The van der Waals surface area contributed by atoms with E-state index >= 15 is 0 Å². The van der Waals surface area contributed by atoms with E-state index in [1.54, 1.807) is 0 Å². The predicted octanol–water partition coefficient (Wildman–Crippen LogP) is 2.14. The average Bonchev–Trinajstić information content (AvgIpc) is 3.23. The lowest BCUT2D eigenvalue weighted by molar-refractivity contribution is 0.0628. The summed E-state index contributed by atoms with van der Waals surface area (Å²) in [7, 11) is 0. The van der Waals surface area contributed by atoms with Gasteiger partial charge in [-0.3, -0.25) is 9.69 Å². The maximum absolute atomic E-state index is 12.5. The van der Waals surface area contributed by atoms with Crippen molar-refractivity contribution >= 4 is 17.4 Å². The summed E-state index contributed by atoms with van der Waals surface area (Å²) in [6.07, 6.45) is 0. The summed E-state index contributed by atoms with van der Waals surface area (Å²) in [5, 5.41) is 1.84. The summed E-state index contributed by atoms with van der Waals surface area (Å²) in [6.45, 7) is 6.29. The molecule has 0 atom stereocenters. The Morgan fingerprint density at radius 2 is 2.00 bits per heavy atom. The zero-order valence-corrected chi connectivity index (χ0v) is 14.3. The van der Waals surface area contributed by atoms with E-state index in [1.807, 2.05) is 29.3 Å². The lowest BCUT2D eigenvalue weighted by atomic mass is 10.1. The van der Waals surface area contributed by atoms with Gasteiger partial charge in [-0.2, -0.15) is 4.37 Å². The predicted molar refractivity (Wildman–Crippen MR) is 90.6 cm³/mol. The SMILES string of the molecule is Cc1nscc1C(=O)N1CCN(Cc2ccc3c(c2)OCO3)CC1. The van der Waals surface area contributed by atoms with Crippen molar-refractivity contribution in [2.75, 3.05) is 33.0 Å². The van der Waals surface area contributed by atoms with Gasteiger partial charge < -0.3 is 14.4 Å². The minimum absolute atomic E-state index is 0.101. The van der Waals surface area contributed by atoms with E-state index in [4.69, 9.17) is 9.47 Å². The number of ether oxygens (including phenoxy) is 2. The number of hydrogen-bond donors (Lipinski definition) is 0. The molecule has 2 aliphatic rings. The highest BCUT2D eigenvalue weighted by molar-refractivity contribution is 7.03. The second kappa shape index (κ2) is 6.41. The van der Waals surface area contributed by atoms with Crippen LogP contribution in [-0.4, -0.2) is 53.1 Å². The van der Waals surface area contributed by atoms with Gasteiger partial charge >= 0.3 is 0 Å². The fourth-order valence-electron chi connectivity index (χ4n) is 3.07. The highest BCUT2D eigenvalue weighted by Crippen LogP contribution is 2.32. The summed E-state index contributed by atoms with van der Waals surface area (Å²) in [6, 6.07) is 6.08. The van der Waals surface area contributed by atoms with Crippen molar-refractivity contribution in [1.82, 2.24) is 14.2 Å². The topological polar surface area (TPSA) is 54.9 Å². The van der Waals surface area contributed by atoms with Crippen molar-refractivity contribution < 1.29 is 14.3 Å². The molecule has 0 radical (unpaired) electrons. The van der Waals surface area contributed by atoms with E-state index < -0.39 is 0 Å². The van der Waals surface area contributed by atoms with Crippen molar-refractivity contribution in [3.63, 3.8) is 0 Å². The maximum Gasteiger partial charge on any atom is 0.256 e. The number of aryl methyl sites for hydroxylation is 1. The van der Waals surface area contributed by atoms with Gasteiger partial charge in [0.2, 0.25) is 6.79 Å². The third kappa shape index (κ3) is 2.97. The standard InChI is InChI=1S/C17H19N3O3S/c1-12-14(10-24-18-12)17(21)20-6-4-19(5-7-20)9-13-2-3-15-16(8-13)23-11-22-15/h2-3,8,10H,4-7,9,11H2,1H3. The van der Waals surface area contributed by atoms with Crippen LogP contribution >= 0.6 is 11.5 Å². The van der Waals surface area contributed by atoms with Gasteiger partial charge in [-0.1, -0.05) is 6.07 Å². The van der Waals surface area contributed by atoms with Crippen LogP contribution in [0.5, 0.6) is 11.5 Å². The molecule has 0 bridgehead atoms. The summed E-state index contributed by atoms with van der Waals surface area (Å²) in [5.74, 6) is 1.74. The summed E-state index contributed by atoms with van der Waals surface area (Å²) in [5.41, 5.74) is 2.77. The molecule has 24 heavy (non-hydrogen) atoms. The number of amides is 1. The number of piperazine rings is 1. The van der Waals surface area contributed by atoms with E-state index in [0.717, 1.165) is 55.5 Å². The van der Waals surface area contributed by atoms with Crippen molar-refractivity contribution in [1.29, 1.82) is 0 Å². The van der Waals surface area contributed by atoms with Gasteiger partial charge in [-0.15, -0.1) is 0 Å². The minimum Gasteiger partial charge on any atom is -0.454 e. The molecule has 126 valence electrons. The Hall–Kier alpha value is -2.12. The normalized spacial score (nSPS) is 17.3. The molecule has 7 heteroatoms. The van der Waals surface area contributed by atoms with E-state index in [-0.39, 0.29) is 5.91 Å². The molecule has 0 aliphatic carbocycles. The maximum atomic E-state index is 12.5. The molecule has 1 aromatic carbocycles. The van der Waals surface area contributed by atoms with Crippen LogP contribution in [0.1, 0.15) is 21.6 Å². The number of hydrogen-bond acceptors (Lipinski definition) is 6. The molecule has 0 unspecified atom stereocenters. The van der Waals surface area contributed by atoms with Crippen LogP contribution in [0, 0.1) is 6.92 Å². The van der Waals surface area contributed by atoms with Crippen LogP contribution in [0.25, 0.3) is 0 Å². The first-order chi connectivity index (χ1) is 11.7. The lowest BCUT2D eigenvalue weighted by Gasteiger charge is -2.34. The van der Waals surface area contributed by atoms with Gasteiger partial charge in [-0.25, -0.2) is 0 Å². The van der Waals surface area contributed by atoms with E-state index in [9.17, 15) is 4.79 Å². The molecule has 2 aliphatic heterocycles.